The van der Waals surface area contributed by atoms with Gasteiger partial charge in [0.15, 0.2) is 0 Å². The number of thiophene rings is 1. The van der Waals surface area contributed by atoms with Crippen molar-refractivity contribution in [3.63, 3.8) is 0 Å². The minimum absolute atomic E-state index is 0.0320. The molecule has 1 N–H and O–H groups in total. The summed E-state index contributed by atoms with van der Waals surface area (Å²) in [6.45, 7) is 3.02. The molecule has 16 heavy (non-hydrogen) atoms. The summed E-state index contributed by atoms with van der Waals surface area (Å²) in [5.41, 5.74) is 0.335. The van der Waals surface area contributed by atoms with Gasteiger partial charge in [-0.25, -0.2) is 0 Å². The van der Waals surface area contributed by atoms with Crippen molar-refractivity contribution in [3.8, 4) is 0 Å². The summed E-state index contributed by atoms with van der Waals surface area (Å²) in [6.07, 6.45) is 3.75. The first kappa shape index (κ1) is 12.6. The Morgan fingerprint density at radius 2 is 2.25 bits per heavy atom. The van der Waals surface area contributed by atoms with Crippen LogP contribution in [0.1, 0.15) is 35.9 Å². The SMILES string of the molecule is CC1(CNC(=O)c2cc(Br)c(Br)s2)CCC1. The van der Waals surface area contributed by atoms with E-state index in [2.05, 4.69) is 44.1 Å². The van der Waals surface area contributed by atoms with Crippen molar-refractivity contribution in [3.05, 3.63) is 19.2 Å². The zero-order valence-corrected chi connectivity index (χ0v) is 13.0. The van der Waals surface area contributed by atoms with E-state index in [0.717, 1.165) is 19.7 Å². The average molecular weight is 367 g/mol. The van der Waals surface area contributed by atoms with Crippen molar-refractivity contribution in [2.24, 2.45) is 5.41 Å². The Bertz CT molecular complexity index is 393. The highest BCUT2D eigenvalue weighted by Gasteiger charge is 2.32. The minimum atomic E-state index is 0.0320. The van der Waals surface area contributed by atoms with Crippen LogP contribution in [0.3, 0.4) is 0 Å². The number of carbonyl (C=O) groups excluding carboxylic acids is 1. The summed E-state index contributed by atoms with van der Waals surface area (Å²) in [6, 6.07) is 1.85. The van der Waals surface area contributed by atoms with Crippen LogP contribution in [0.5, 0.6) is 0 Å². The van der Waals surface area contributed by atoms with E-state index in [-0.39, 0.29) is 5.91 Å². The first-order valence-corrected chi connectivity index (χ1v) is 7.63. The fourth-order valence-electron chi connectivity index (χ4n) is 1.80. The van der Waals surface area contributed by atoms with Crippen LogP contribution in [0.15, 0.2) is 14.3 Å². The number of hydrogen-bond acceptors (Lipinski definition) is 2. The molecule has 1 amide bonds. The molecule has 0 bridgehead atoms. The Morgan fingerprint density at radius 3 is 2.69 bits per heavy atom. The molecule has 0 atom stereocenters. The molecule has 1 fully saturated rings. The summed E-state index contributed by atoms with van der Waals surface area (Å²) in [4.78, 5) is 12.6. The van der Waals surface area contributed by atoms with Crippen LogP contribution in [-0.2, 0) is 0 Å². The van der Waals surface area contributed by atoms with Crippen molar-refractivity contribution in [2.45, 2.75) is 26.2 Å². The van der Waals surface area contributed by atoms with Crippen molar-refractivity contribution >= 4 is 49.1 Å². The topological polar surface area (TPSA) is 29.1 Å². The monoisotopic (exact) mass is 365 g/mol. The van der Waals surface area contributed by atoms with Gasteiger partial charge in [-0.1, -0.05) is 13.3 Å². The lowest BCUT2D eigenvalue weighted by Crippen LogP contribution is -2.39. The Balaban J connectivity index is 1.93. The third kappa shape index (κ3) is 2.68. The second kappa shape index (κ2) is 4.78. The predicted octanol–water partition coefficient (Wildman–Crippen LogP) is 4.19. The Kier molecular flexibility index (Phi) is 3.76. The van der Waals surface area contributed by atoms with E-state index in [9.17, 15) is 4.79 Å². The minimum Gasteiger partial charge on any atom is -0.351 e. The quantitative estimate of drug-likeness (QED) is 0.853. The van der Waals surface area contributed by atoms with Gasteiger partial charge < -0.3 is 5.32 Å². The van der Waals surface area contributed by atoms with Gasteiger partial charge >= 0.3 is 0 Å². The molecule has 1 heterocycles. The molecule has 0 radical (unpaired) electrons. The molecule has 1 saturated carbocycles. The van der Waals surface area contributed by atoms with E-state index >= 15 is 0 Å². The molecule has 5 heteroatoms. The molecular weight excluding hydrogens is 354 g/mol. The largest absolute Gasteiger partial charge is 0.351 e. The molecule has 0 aliphatic heterocycles. The molecule has 0 saturated heterocycles. The van der Waals surface area contributed by atoms with E-state index in [4.69, 9.17) is 0 Å². The van der Waals surface area contributed by atoms with Crippen LogP contribution in [0.4, 0.5) is 0 Å². The maximum absolute atomic E-state index is 11.9. The summed E-state index contributed by atoms with van der Waals surface area (Å²) >= 11 is 8.23. The molecule has 2 rings (SSSR count). The normalized spacial score (nSPS) is 17.9. The molecular formula is C11H13Br2NOS. The number of hydrogen-bond donors (Lipinski definition) is 1. The molecule has 1 aliphatic carbocycles. The van der Waals surface area contributed by atoms with Crippen LogP contribution in [-0.4, -0.2) is 12.5 Å². The predicted molar refractivity (Wildman–Crippen MR) is 74.0 cm³/mol. The fraction of sp³-hybridized carbons (Fsp3) is 0.545. The molecule has 0 unspecified atom stereocenters. The number of amides is 1. The van der Waals surface area contributed by atoms with Crippen molar-refractivity contribution in [1.29, 1.82) is 0 Å². The third-order valence-corrected chi connectivity index (χ3v) is 6.36. The zero-order chi connectivity index (χ0) is 11.8. The Morgan fingerprint density at radius 1 is 1.56 bits per heavy atom. The van der Waals surface area contributed by atoms with Gasteiger partial charge in [0.2, 0.25) is 0 Å². The lowest BCUT2D eigenvalue weighted by Gasteiger charge is -2.38. The number of nitrogens with one attached hydrogen (secondary N) is 1. The first-order chi connectivity index (χ1) is 7.50. The Labute approximate surface area is 116 Å². The van der Waals surface area contributed by atoms with Gasteiger partial charge in [-0.3, -0.25) is 4.79 Å². The van der Waals surface area contributed by atoms with Gasteiger partial charge in [-0.2, -0.15) is 0 Å². The van der Waals surface area contributed by atoms with Gasteiger partial charge in [0.05, 0.1) is 8.66 Å². The highest BCUT2D eigenvalue weighted by Crippen LogP contribution is 2.39. The zero-order valence-electron chi connectivity index (χ0n) is 8.98. The highest BCUT2D eigenvalue weighted by molar-refractivity contribution is 9.13. The summed E-state index contributed by atoms with van der Waals surface area (Å²) < 4.78 is 1.91. The fourth-order valence-corrected chi connectivity index (χ4v) is 3.75. The second-order valence-corrected chi connectivity index (χ2v) is 7.80. The standard InChI is InChI=1S/C11H13Br2NOS/c1-11(3-2-4-11)6-14-10(15)8-5-7(12)9(13)16-8/h5H,2-4,6H2,1H3,(H,14,15). The summed E-state index contributed by atoms with van der Waals surface area (Å²) in [5.74, 6) is 0.0320. The maximum Gasteiger partial charge on any atom is 0.261 e. The van der Waals surface area contributed by atoms with E-state index in [1.54, 1.807) is 0 Å². The highest BCUT2D eigenvalue weighted by atomic mass is 79.9. The van der Waals surface area contributed by atoms with Crippen LogP contribution in [0.2, 0.25) is 0 Å². The van der Waals surface area contributed by atoms with Gasteiger partial charge in [0.25, 0.3) is 5.91 Å². The average Bonchev–Trinajstić information content (AvgIpc) is 2.53. The molecule has 0 spiro atoms. The van der Waals surface area contributed by atoms with Gasteiger partial charge in [0, 0.05) is 11.0 Å². The number of rotatable bonds is 3. The van der Waals surface area contributed by atoms with E-state index in [0.29, 0.717) is 5.41 Å². The molecule has 1 aromatic heterocycles. The van der Waals surface area contributed by atoms with Crippen LogP contribution >= 0.6 is 43.2 Å². The number of halogens is 2. The summed E-state index contributed by atoms with van der Waals surface area (Å²) in [7, 11) is 0. The second-order valence-electron chi connectivity index (χ2n) is 4.58. The summed E-state index contributed by atoms with van der Waals surface area (Å²) in [5, 5.41) is 3.01. The van der Waals surface area contributed by atoms with E-state index in [1.807, 2.05) is 6.07 Å². The molecule has 1 aromatic rings. The molecule has 2 nitrogen and oxygen atoms in total. The van der Waals surface area contributed by atoms with Crippen LogP contribution in [0, 0.1) is 5.41 Å². The lowest BCUT2D eigenvalue weighted by atomic mass is 9.70. The Hall–Kier alpha value is 0.130. The lowest BCUT2D eigenvalue weighted by molar-refractivity contribution is 0.0895. The first-order valence-electron chi connectivity index (χ1n) is 5.23. The van der Waals surface area contributed by atoms with Gasteiger partial charge in [0.1, 0.15) is 0 Å². The maximum atomic E-state index is 11.9. The molecule has 1 aliphatic rings. The van der Waals surface area contributed by atoms with Gasteiger partial charge in [-0.15, -0.1) is 11.3 Å². The van der Waals surface area contributed by atoms with Crippen LogP contribution < -0.4 is 5.32 Å². The molecule has 88 valence electrons. The van der Waals surface area contributed by atoms with E-state index < -0.39 is 0 Å². The van der Waals surface area contributed by atoms with Crippen molar-refractivity contribution < 1.29 is 4.79 Å². The smallest absolute Gasteiger partial charge is 0.261 e. The van der Waals surface area contributed by atoms with Crippen molar-refractivity contribution in [1.82, 2.24) is 5.32 Å². The van der Waals surface area contributed by atoms with Gasteiger partial charge in [-0.05, 0) is 56.2 Å². The van der Waals surface area contributed by atoms with E-state index in [1.165, 1.54) is 30.6 Å². The van der Waals surface area contributed by atoms with Crippen molar-refractivity contribution in [2.75, 3.05) is 6.54 Å². The van der Waals surface area contributed by atoms with Crippen LogP contribution in [0.25, 0.3) is 0 Å². The third-order valence-electron chi connectivity index (χ3n) is 3.11. The molecule has 0 aromatic carbocycles. The number of carbonyl (C=O) groups is 1.